The van der Waals surface area contributed by atoms with Gasteiger partial charge in [-0.05, 0) is 51.5 Å². The number of carbonyl (C=O) groups excluding carboxylic acids is 1. The zero-order valence-corrected chi connectivity index (χ0v) is 15.9. The molecule has 0 saturated heterocycles. The fraction of sp³-hybridized carbons (Fsp3) is 0.350. The van der Waals surface area contributed by atoms with Gasteiger partial charge in [-0.15, -0.1) is 0 Å². The van der Waals surface area contributed by atoms with Crippen LogP contribution in [0.2, 0.25) is 0 Å². The Kier molecular flexibility index (Phi) is 5.12. The summed E-state index contributed by atoms with van der Waals surface area (Å²) in [4.78, 5) is 21.3. The second kappa shape index (κ2) is 7.34. The third-order valence-corrected chi connectivity index (χ3v) is 3.93. The quantitative estimate of drug-likeness (QED) is 0.732. The Morgan fingerprint density at radius 1 is 1.30 bits per heavy atom. The molecule has 1 amide bonds. The number of imidazole rings is 1. The fourth-order valence-corrected chi connectivity index (χ4v) is 2.83. The Bertz CT molecular complexity index is 948. The number of carbonyl (C=O) groups is 1. The zero-order chi connectivity index (χ0) is 19.6. The van der Waals surface area contributed by atoms with Crippen LogP contribution in [0.15, 0.2) is 42.6 Å². The lowest BCUT2D eigenvalue weighted by atomic mass is 10.2. The molecule has 1 atom stereocenters. The van der Waals surface area contributed by atoms with E-state index in [2.05, 4.69) is 15.3 Å². The van der Waals surface area contributed by atoms with Crippen LogP contribution in [0.25, 0.3) is 16.9 Å². The first-order valence-electron chi connectivity index (χ1n) is 8.87. The van der Waals surface area contributed by atoms with Crippen molar-refractivity contribution in [2.24, 2.45) is 0 Å². The summed E-state index contributed by atoms with van der Waals surface area (Å²) < 4.78 is 21.0. The van der Waals surface area contributed by atoms with E-state index in [1.807, 2.05) is 19.1 Å². The first-order chi connectivity index (χ1) is 12.8. The van der Waals surface area contributed by atoms with Crippen LogP contribution in [0.5, 0.6) is 0 Å². The van der Waals surface area contributed by atoms with Crippen LogP contribution < -0.4 is 5.32 Å². The number of hydrogen-bond donors (Lipinski definition) is 1. The summed E-state index contributed by atoms with van der Waals surface area (Å²) in [5, 5.41) is 2.86. The van der Waals surface area contributed by atoms with Crippen LogP contribution >= 0.6 is 0 Å². The summed E-state index contributed by atoms with van der Waals surface area (Å²) in [6.07, 6.45) is 1.71. The molecule has 0 radical (unpaired) electrons. The number of aromatic nitrogens is 3. The third-order valence-electron chi connectivity index (χ3n) is 3.93. The van der Waals surface area contributed by atoms with Crippen molar-refractivity contribution in [2.45, 2.75) is 45.8 Å². The molecule has 7 heteroatoms. The van der Waals surface area contributed by atoms with Crippen molar-refractivity contribution in [1.82, 2.24) is 19.9 Å². The number of fused-ring (bicyclic) bond motifs is 1. The average molecular weight is 370 g/mol. The molecule has 0 unspecified atom stereocenters. The van der Waals surface area contributed by atoms with E-state index < -0.39 is 17.7 Å². The third kappa shape index (κ3) is 4.24. The van der Waals surface area contributed by atoms with Gasteiger partial charge in [0.15, 0.2) is 0 Å². The zero-order valence-electron chi connectivity index (χ0n) is 15.9. The number of ether oxygens (including phenoxy) is 1. The molecular formula is C20H23FN4O2. The number of amides is 1. The van der Waals surface area contributed by atoms with Gasteiger partial charge in [-0.2, -0.15) is 0 Å². The topological polar surface area (TPSA) is 69.0 Å². The van der Waals surface area contributed by atoms with Crippen molar-refractivity contribution in [3.05, 3.63) is 54.2 Å². The predicted molar refractivity (Wildman–Crippen MR) is 101 cm³/mol. The molecule has 142 valence electrons. The van der Waals surface area contributed by atoms with E-state index in [0.717, 1.165) is 0 Å². The maximum atomic E-state index is 13.9. The van der Waals surface area contributed by atoms with Gasteiger partial charge in [-0.1, -0.05) is 13.0 Å². The number of pyridine rings is 1. The molecule has 0 aliphatic heterocycles. The van der Waals surface area contributed by atoms with Crippen LogP contribution in [0, 0.1) is 5.82 Å². The second-order valence-corrected chi connectivity index (χ2v) is 7.23. The van der Waals surface area contributed by atoms with E-state index in [0.29, 0.717) is 29.1 Å². The maximum absolute atomic E-state index is 13.9. The molecule has 0 aliphatic rings. The Morgan fingerprint density at radius 2 is 2.07 bits per heavy atom. The second-order valence-electron chi connectivity index (χ2n) is 7.23. The van der Waals surface area contributed by atoms with Crippen molar-refractivity contribution in [2.75, 3.05) is 0 Å². The minimum absolute atomic E-state index is 0.362. The van der Waals surface area contributed by atoms with Gasteiger partial charge in [0.2, 0.25) is 0 Å². The first-order valence-corrected chi connectivity index (χ1v) is 8.87. The smallest absolute Gasteiger partial charge is 0.408 e. The Labute approximate surface area is 157 Å². The molecule has 2 aromatic heterocycles. The van der Waals surface area contributed by atoms with Crippen molar-refractivity contribution in [3.8, 4) is 5.82 Å². The lowest BCUT2D eigenvalue weighted by molar-refractivity contribution is 0.0499. The number of halogens is 1. The maximum Gasteiger partial charge on any atom is 0.408 e. The summed E-state index contributed by atoms with van der Waals surface area (Å²) in [7, 11) is 0. The van der Waals surface area contributed by atoms with E-state index in [-0.39, 0.29) is 5.82 Å². The highest BCUT2D eigenvalue weighted by Gasteiger charge is 2.25. The molecule has 1 N–H and O–H groups in total. The Balaban J connectivity index is 2.08. The number of alkyl carbamates (subject to hydrolysis) is 1. The summed E-state index contributed by atoms with van der Waals surface area (Å²) in [6.45, 7) is 7.35. The first kappa shape index (κ1) is 18.8. The molecular weight excluding hydrogens is 347 g/mol. The Morgan fingerprint density at radius 3 is 2.70 bits per heavy atom. The normalized spacial score (nSPS) is 12.8. The highest BCUT2D eigenvalue weighted by Crippen LogP contribution is 2.27. The number of nitrogens with one attached hydrogen (secondary N) is 1. The molecule has 0 bridgehead atoms. The molecule has 0 fully saturated rings. The average Bonchev–Trinajstić information content (AvgIpc) is 2.97. The van der Waals surface area contributed by atoms with Gasteiger partial charge in [0, 0.05) is 12.3 Å². The van der Waals surface area contributed by atoms with Crippen LogP contribution in [0.4, 0.5) is 9.18 Å². The van der Waals surface area contributed by atoms with Gasteiger partial charge in [0.25, 0.3) is 0 Å². The molecule has 0 saturated carbocycles. The van der Waals surface area contributed by atoms with E-state index in [4.69, 9.17) is 4.74 Å². The van der Waals surface area contributed by atoms with E-state index >= 15 is 0 Å². The molecule has 3 rings (SSSR count). The molecule has 0 spiro atoms. The SMILES string of the molecule is CC[C@H](NC(=O)OC(C)(C)C)c1nc2ccc(F)cc2n1-c1ccccn1. The minimum atomic E-state index is -0.605. The van der Waals surface area contributed by atoms with Crippen LogP contribution in [0.1, 0.15) is 46.0 Å². The van der Waals surface area contributed by atoms with E-state index in [1.165, 1.54) is 12.1 Å². The van der Waals surface area contributed by atoms with E-state index in [1.54, 1.807) is 43.7 Å². The minimum Gasteiger partial charge on any atom is -0.444 e. The van der Waals surface area contributed by atoms with Gasteiger partial charge < -0.3 is 10.1 Å². The van der Waals surface area contributed by atoms with Crippen molar-refractivity contribution in [3.63, 3.8) is 0 Å². The summed E-state index contributed by atoms with van der Waals surface area (Å²) in [6, 6.07) is 9.45. The standard InChI is InChI=1S/C20H23FN4O2/c1-5-14(24-19(26)27-20(2,3)4)18-23-15-10-9-13(21)12-16(15)25(18)17-8-6-7-11-22-17/h6-12,14H,5H2,1-4H3,(H,24,26)/t14-/m0/s1. The largest absolute Gasteiger partial charge is 0.444 e. The lowest BCUT2D eigenvalue weighted by Gasteiger charge is -2.23. The van der Waals surface area contributed by atoms with Gasteiger partial charge in [-0.25, -0.2) is 19.2 Å². The highest BCUT2D eigenvalue weighted by atomic mass is 19.1. The molecule has 0 aliphatic carbocycles. The summed E-state index contributed by atoms with van der Waals surface area (Å²) in [5.74, 6) is 0.812. The summed E-state index contributed by atoms with van der Waals surface area (Å²) >= 11 is 0. The fourth-order valence-electron chi connectivity index (χ4n) is 2.83. The highest BCUT2D eigenvalue weighted by molar-refractivity contribution is 5.78. The monoisotopic (exact) mass is 370 g/mol. The van der Waals surface area contributed by atoms with Gasteiger partial charge in [-0.3, -0.25) is 4.57 Å². The number of hydrogen-bond acceptors (Lipinski definition) is 4. The molecule has 6 nitrogen and oxygen atoms in total. The van der Waals surface area contributed by atoms with Crippen LogP contribution in [0.3, 0.4) is 0 Å². The Hall–Kier alpha value is -2.96. The van der Waals surface area contributed by atoms with Crippen molar-refractivity contribution >= 4 is 17.1 Å². The van der Waals surface area contributed by atoms with E-state index in [9.17, 15) is 9.18 Å². The lowest BCUT2D eigenvalue weighted by Crippen LogP contribution is -2.35. The summed E-state index contributed by atoms with van der Waals surface area (Å²) in [5.41, 5.74) is 0.613. The molecule has 1 aromatic carbocycles. The van der Waals surface area contributed by atoms with Crippen molar-refractivity contribution < 1.29 is 13.9 Å². The number of rotatable bonds is 4. The van der Waals surface area contributed by atoms with Gasteiger partial charge in [0.1, 0.15) is 23.1 Å². The molecule has 27 heavy (non-hydrogen) atoms. The van der Waals surface area contributed by atoms with Gasteiger partial charge >= 0.3 is 6.09 Å². The van der Waals surface area contributed by atoms with Crippen molar-refractivity contribution in [1.29, 1.82) is 0 Å². The number of benzene rings is 1. The van der Waals surface area contributed by atoms with Gasteiger partial charge in [0.05, 0.1) is 17.1 Å². The molecule has 2 heterocycles. The molecule has 3 aromatic rings. The van der Waals surface area contributed by atoms with Crippen LogP contribution in [-0.2, 0) is 4.74 Å². The van der Waals surface area contributed by atoms with Crippen LogP contribution in [-0.4, -0.2) is 26.2 Å². The predicted octanol–water partition coefficient (Wildman–Crippen LogP) is 4.54. The number of nitrogens with zero attached hydrogens (tertiary/aromatic N) is 3.